The molecule has 0 fully saturated rings. The van der Waals surface area contributed by atoms with E-state index >= 15 is 0 Å². The molecule has 0 bridgehead atoms. The van der Waals surface area contributed by atoms with Gasteiger partial charge in [-0.15, -0.1) is 0 Å². The van der Waals surface area contributed by atoms with Crippen molar-refractivity contribution in [3.05, 3.63) is 53.1 Å². The lowest BCUT2D eigenvalue weighted by atomic mass is 10.1. The second-order valence-electron chi connectivity index (χ2n) is 5.86. The Hall–Kier alpha value is -2.87. The van der Waals surface area contributed by atoms with Crippen LogP contribution in [-0.4, -0.2) is 18.7 Å². The van der Waals surface area contributed by atoms with Gasteiger partial charge in [0, 0.05) is 18.2 Å². The summed E-state index contributed by atoms with van der Waals surface area (Å²) in [5, 5.41) is 2.98. The van der Waals surface area contributed by atoms with Gasteiger partial charge in [0.15, 0.2) is 11.5 Å². The Bertz CT molecular complexity index is 809. The number of nitrogens with two attached hydrogens (primary N) is 1. The van der Waals surface area contributed by atoms with E-state index in [1.807, 2.05) is 0 Å². The maximum Gasteiger partial charge on any atom is 0.234 e. The standard InChI is InChI=1S/C18H18F2N2O4/c1-10(18(21)23)22-7-12-2-3-15(17-16(12)25-9-26-17)24-8-11-4-13(19)6-14(20)5-11/h2-6,10,22H,7-9H2,1H3,(H2,21,23). The van der Waals surface area contributed by atoms with Crippen LogP contribution < -0.4 is 25.3 Å². The number of ether oxygens (including phenoxy) is 3. The number of benzene rings is 2. The molecular weight excluding hydrogens is 346 g/mol. The van der Waals surface area contributed by atoms with Crippen molar-refractivity contribution >= 4 is 5.91 Å². The number of nitrogens with one attached hydrogen (secondary N) is 1. The van der Waals surface area contributed by atoms with Crippen LogP contribution in [0.3, 0.4) is 0 Å². The summed E-state index contributed by atoms with van der Waals surface area (Å²) in [5.74, 6) is -0.489. The number of hydrogen-bond acceptors (Lipinski definition) is 5. The van der Waals surface area contributed by atoms with Gasteiger partial charge in [0.1, 0.15) is 18.2 Å². The fraction of sp³-hybridized carbons (Fsp3) is 0.278. The highest BCUT2D eigenvalue weighted by Gasteiger charge is 2.23. The molecule has 6 nitrogen and oxygen atoms in total. The molecule has 1 amide bonds. The molecule has 1 atom stereocenters. The van der Waals surface area contributed by atoms with E-state index in [9.17, 15) is 13.6 Å². The van der Waals surface area contributed by atoms with Gasteiger partial charge in [-0.05, 0) is 30.7 Å². The van der Waals surface area contributed by atoms with Crippen molar-refractivity contribution in [3.63, 3.8) is 0 Å². The Balaban J connectivity index is 1.73. The molecule has 1 heterocycles. The lowest BCUT2D eigenvalue weighted by molar-refractivity contribution is -0.119. The second-order valence-corrected chi connectivity index (χ2v) is 5.86. The molecule has 3 rings (SSSR count). The number of amides is 1. The van der Waals surface area contributed by atoms with Gasteiger partial charge >= 0.3 is 0 Å². The predicted octanol–water partition coefficient (Wildman–Crippen LogP) is 2.24. The van der Waals surface area contributed by atoms with Crippen LogP contribution in [0, 0.1) is 11.6 Å². The fourth-order valence-corrected chi connectivity index (χ4v) is 2.50. The van der Waals surface area contributed by atoms with E-state index in [1.165, 1.54) is 12.1 Å². The number of fused-ring (bicyclic) bond motifs is 1. The summed E-state index contributed by atoms with van der Waals surface area (Å²) in [7, 11) is 0. The Labute approximate surface area is 148 Å². The monoisotopic (exact) mass is 364 g/mol. The van der Waals surface area contributed by atoms with E-state index in [-0.39, 0.29) is 13.4 Å². The zero-order chi connectivity index (χ0) is 18.7. The minimum absolute atomic E-state index is 0.0270. The summed E-state index contributed by atoms with van der Waals surface area (Å²) >= 11 is 0. The molecule has 138 valence electrons. The van der Waals surface area contributed by atoms with Crippen molar-refractivity contribution in [3.8, 4) is 17.2 Å². The highest BCUT2D eigenvalue weighted by Crippen LogP contribution is 2.43. The first-order chi connectivity index (χ1) is 12.4. The summed E-state index contributed by atoms with van der Waals surface area (Å²) in [6, 6.07) is 6.14. The maximum atomic E-state index is 13.3. The van der Waals surface area contributed by atoms with Crippen molar-refractivity contribution in [2.75, 3.05) is 6.79 Å². The van der Waals surface area contributed by atoms with Crippen LogP contribution in [0.4, 0.5) is 8.78 Å². The van der Waals surface area contributed by atoms with E-state index < -0.39 is 23.6 Å². The molecule has 0 saturated heterocycles. The lowest BCUT2D eigenvalue weighted by Crippen LogP contribution is -2.38. The van der Waals surface area contributed by atoms with E-state index in [4.69, 9.17) is 19.9 Å². The SMILES string of the molecule is CC(NCc1ccc(OCc2cc(F)cc(F)c2)c2c1OCO2)C(N)=O. The van der Waals surface area contributed by atoms with Gasteiger partial charge in [-0.25, -0.2) is 8.78 Å². The molecule has 1 unspecified atom stereocenters. The molecule has 0 aliphatic carbocycles. The van der Waals surface area contributed by atoms with Gasteiger partial charge in [0.2, 0.25) is 18.4 Å². The highest BCUT2D eigenvalue weighted by molar-refractivity contribution is 5.79. The summed E-state index contributed by atoms with van der Waals surface area (Å²) in [5.41, 5.74) is 6.35. The van der Waals surface area contributed by atoms with Crippen molar-refractivity contribution in [1.82, 2.24) is 5.32 Å². The average Bonchev–Trinajstić information content (AvgIpc) is 3.07. The molecule has 0 radical (unpaired) electrons. The van der Waals surface area contributed by atoms with Crippen LogP contribution >= 0.6 is 0 Å². The molecule has 26 heavy (non-hydrogen) atoms. The van der Waals surface area contributed by atoms with Gasteiger partial charge in [-0.1, -0.05) is 6.07 Å². The number of primary amides is 1. The van der Waals surface area contributed by atoms with Crippen molar-refractivity contribution < 1.29 is 27.8 Å². The third-order valence-corrected chi connectivity index (χ3v) is 3.91. The minimum Gasteiger partial charge on any atom is -0.485 e. The average molecular weight is 364 g/mol. The zero-order valence-electron chi connectivity index (χ0n) is 14.1. The van der Waals surface area contributed by atoms with Crippen LogP contribution in [0.15, 0.2) is 30.3 Å². The van der Waals surface area contributed by atoms with Gasteiger partial charge in [-0.2, -0.15) is 0 Å². The summed E-state index contributed by atoms with van der Waals surface area (Å²) in [6.45, 7) is 2.02. The van der Waals surface area contributed by atoms with E-state index in [0.717, 1.165) is 11.6 Å². The predicted molar refractivity (Wildman–Crippen MR) is 88.8 cm³/mol. The number of halogens is 2. The molecule has 8 heteroatoms. The van der Waals surface area contributed by atoms with Crippen LogP contribution in [0.2, 0.25) is 0 Å². The summed E-state index contributed by atoms with van der Waals surface area (Å²) in [6.07, 6.45) is 0. The quantitative estimate of drug-likeness (QED) is 0.787. The molecule has 0 spiro atoms. The van der Waals surface area contributed by atoms with Gasteiger partial charge in [-0.3, -0.25) is 4.79 Å². The normalized spacial score (nSPS) is 13.5. The van der Waals surface area contributed by atoms with Crippen LogP contribution in [0.5, 0.6) is 17.2 Å². The van der Waals surface area contributed by atoms with Crippen molar-refractivity contribution in [1.29, 1.82) is 0 Å². The van der Waals surface area contributed by atoms with Gasteiger partial charge < -0.3 is 25.3 Å². The molecule has 2 aromatic rings. The lowest BCUT2D eigenvalue weighted by Gasteiger charge is -2.14. The van der Waals surface area contributed by atoms with Crippen LogP contribution in [-0.2, 0) is 17.9 Å². The summed E-state index contributed by atoms with van der Waals surface area (Å²) < 4.78 is 43.1. The van der Waals surface area contributed by atoms with Crippen LogP contribution in [0.25, 0.3) is 0 Å². The number of carbonyl (C=O) groups is 1. The molecule has 1 aliphatic heterocycles. The highest BCUT2D eigenvalue weighted by atomic mass is 19.1. The van der Waals surface area contributed by atoms with Gasteiger partial charge in [0.25, 0.3) is 0 Å². The Morgan fingerprint density at radius 2 is 1.92 bits per heavy atom. The van der Waals surface area contributed by atoms with Crippen molar-refractivity contribution in [2.24, 2.45) is 5.73 Å². The molecule has 3 N–H and O–H groups in total. The summed E-state index contributed by atoms with van der Waals surface area (Å²) in [4.78, 5) is 11.1. The maximum absolute atomic E-state index is 13.3. The molecule has 2 aromatic carbocycles. The Kier molecular flexibility index (Phi) is 5.22. The first-order valence-electron chi connectivity index (χ1n) is 7.96. The first-order valence-corrected chi connectivity index (χ1v) is 7.96. The fourth-order valence-electron chi connectivity index (χ4n) is 2.50. The van der Waals surface area contributed by atoms with E-state index in [0.29, 0.717) is 29.4 Å². The van der Waals surface area contributed by atoms with E-state index in [1.54, 1.807) is 19.1 Å². The molecule has 1 aliphatic rings. The zero-order valence-corrected chi connectivity index (χ0v) is 14.1. The first kappa shape index (κ1) is 17.9. The molecule has 0 saturated carbocycles. The third kappa shape index (κ3) is 4.02. The number of rotatable bonds is 7. The molecule has 0 aromatic heterocycles. The Morgan fingerprint density at radius 1 is 1.23 bits per heavy atom. The third-order valence-electron chi connectivity index (χ3n) is 3.91. The second kappa shape index (κ2) is 7.57. The minimum atomic E-state index is -0.668. The van der Waals surface area contributed by atoms with Gasteiger partial charge in [0.05, 0.1) is 6.04 Å². The van der Waals surface area contributed by atoms with E-state index in [2.05, 4.69) is 5.32 Å². The Morgan fingerprint density at radius 3 is 2.62 bits per heavy atom. The number of carbonyl (C=O) groups excluding carboxylic acids is 1. The largest absolute Gasteiger partial charge is 0.485 e. The van der Waals surface area contributed by atoms with Crippen LogP contribution in [0.1, 0.15) is 18.1 Å². The topological polar surface area (TPSA) is 82.8 Å². The number of hydrogen-bond donors (Lipinski definition) is 2. The molecular formula is C18H18F2N2O4. The van der Waals surface area contributed by atoms with Crippen molar-refractivity contribution in [2.45, 2.75) is 26.1 Å². The smallest absolute Gasteiger partial charge is 0.234 e.